The van der Waals surface area contributed by atoms with Crippen molar-refractivity contribution in [1.29, 1.82) is 0 Å². The first-order valence-corrected chi connectivity index (χ1v) is 10.9. The molecule has 4 aromatic carbocycles. The maximum absolute atomic E-state index is 5.99. The zero-order valence-corrected chi connectivity index (χ0v) is 18.6. The van der Waals surface area contributed by atoms with Crippen molar-refractivity contribution in [2.45, 2.75) is 0 Å². The lowest BCUT2D eigenvalue weighted by atomic mass is 10.1. The minimum absolute atomic E-state index is 0.144. The molecule has 0 aliphatic carbocycles. The molecule has 0 saturated carbocycles. The predicted octanol–water partition coefficient (Wildman–Crippen LogP) is 7.62. The Morgan fingerprint density at radius 1 is 0.400 bits per heavy atom. The molecule has 8 heteroatoms. The van der Waals surface area contributed by atoms with E-state index >= 15 is 0 Å². The fraction of sp³-hybridized carbons (Fsp3) is 0. The van der Waals surface area contributed by atoms with E-state index in [1.165, 1.54) is 0 Å². The van der Waals surface area contributed by atoms with Gasteiger partial charge in [0.15, 0.2) is 11.6 Å². The van der Waals surface area contributed by atoms with Crippen molar-refractivity contribution >= 4 is 28.7 Å². The lowest BCUT2D eigenvalue weighted by Crippen LogP contribution is -2.02. The molecular weight excluding hydrogens is 436 g/mol. The van der Waals surface area contributed by atoms with Crippen molar-refractivity contribution < 1.29 is 0 Å². The summed E-state index contributed by atoms with van der Waals surface area (Å²) in [5, 5.41) is 17.0. The highest BCUT2D eigenvalue weighted by molar-refractivity contribution is 5.65. The molecule has 0 aliphatic heterocycles. The highest BCUT2D eigenvalue weighted by Crippen LogP contribution is 2.26. The van der Waals surface area contributed by atoms with Crippen LogP contribution in [0.25, 0.3) is 22.8 Å². The molecule has 0 bridgehead atoms. The van der Waals surface area contributed by atoms with Gasteiger partial charge in [-0.3, -0.25) is 0 Å². The Hall–Kier alpha value is -5.11. The summed E-state index contributed by atoms with van der Waals surface area (Å²) in [4.78, 5) is 13.2. The first kappa shape index (κ1) is 21.7. The van der Waals surface area contributed by atoms with E-state index in [1.54, 1.807) is 0 Å². The van der Waals surface area contributed by atoms with Gasteiger partial charge >= 0.3 is 0 Å². The molecule has 5 aromatic rings. The Kier molecular flexibility index (Phi) is 6.34. The predicted molar refractivity (Wildman–Crippen MR) is 136 cm³/mol. The highest BCUT2D eigenvalue weighted by atomic mass is 15.1. The molecular formula is C27H20N8. The van der Waals surface area contributed by atoms with Gasteiger partial charge in [-0.25, -0.2) is 4.98 Å². The number of hydrogen-bond acceptors (Lipinski definition) is 8. The van der Waals surface area contributed by atoms with E-state index in [-0.39, 0.29) is 5.95 Å². The quantitative estimate of drug-likeness (QED) is 0.265. The normalized spacial score (nSPS) is 11.3. The summed E-state index contributed by atoms with van der Waals surface area (Å²) in [5.74, 6) is 1.10. The van der Waals surface area contributed by atoms with Crippen LogP contribution in [0.4, 0.5) is 28.7 Å². The summed E-state index contributed by atoms with van der Waals surface area (Å²) in [7, 11) is 0. The fourth-order valence-electron chi connectivity index (χ4n) is 3.23. The molecule has 0 amide bonds. The molecule has 0 atom stereocenters. The number of benzene rings is 4. The second kappa shape index (κ2) is 10.2. The van der Waals surface area contributed by atoms with Crippen LogP contribution in [0.3, 0.4) is 0 Å². The van der Waals surface area contributed by atoms with Crippen LogP contribution in [0.2, 0.25) is 0 Å². The van der Waals surface area contributed by atoms with Gasteiger partial charge in [0.25, 0.3) is 0 Å². The summed E-state index contributed by atoms with van der Waals surface area (Å²) >= 11 is 0. The number of azo groups is 2. The zero-order chi connectivity index (χ0) is 23.9. The van der Waals surface area contributed by atoms with E-state index in [2.05, 4.69) is 35.4 Å². The number of aromatic nitrogens is 3. The molecule has 0 unspecified atom stereocenters. The van der Waals surface area contributed by atoms with Crippen LogP contribution >= 0.6 is 0 Å². The molecule has 1 heterocycles. The van der Waals surface area contributed by atoms with Crippen LogP contribution in [0.15, 0.2) is 130 Å². The Morgan fingerprint density at radius 2 is 0.743 bits per heavy atom. The topological polar surface area (TPSA) is 114 Å². The van der Waals surface area contributed by atoms with Gasteiger partial charge in [-0.15, -0.1) is 0 Å². The lowest BCUT2D eigenvalue weighted by Gasteiger charge is -2.06. The standard InChI is InChI=1S/C27H20N8/c28-27-30-25(19-11-15-23(16-12-19)34-32-21-7-3-1-4-8-21)29-26(31-27)20-13-17-24(18-14-20)35-33-22-9-5-2-6-10-22/h1-18H,(H2,28,29,30,31). The Morgan fingerprint density at radius 3 is 1.11 bits per heavy atom. The van der Waals surface area contributed by atoms with Crippen molar-refractivity contribution in [3.05, 3.63) is 109 Å². The molecule has 0 spiro atoms. The fourth-order valence-corrected chi connectivity index (χ4v) is 3.23. The Bertz CT molecular complexity index is 1350. The number of nitrogens with two attached hydrogens (primary N) is 1. The Labute approximate surface area is 202 Å². The number of nitrogen functional groups attached to an aromatic ring is 1. The van der Waals surface area contributed by atoms with E-state index in [4.69, 9.17) is 5.73 Å². The van der Waals surface area contributed by atoms with E-state index < -0.39 is 0 Å². The van der Waals surface area contributed by atoms with Gasteiger partial charge in [0, 0.05) is 11.1 Å². The number of nitrogens with zero attached hydrogens (tertiary/aromatic N) is 7. The third-order valence-electron chi connectivity index (χ3n) is 4.98. The number of rotatable bonds is 6. The second-order valence-electron chi connectivity index (χ2n) is 7.51. The largest absolute Gasteiger partial charge is 0.368 e. The zero-order valence-electron chi connectivity index (χ0n) is 18.6. The Balaban J connectivity index is 1.34. The third-order valence-corrected chi connectivity index (χ3v) is 4.98. The summed E-state index contributed by atoms with van der Waals surface area (Å²) in [6.07, 6.45) is 0. The summed E-state index contributed by atoms with van der Waals surface area (Å²) in [6, 6.07) is 34.1. The van der Waals surface area contributed by atoms with Gasteiger partial charge in [-0.2, -0.15) is 30.4 Å². The minimum Gasteiger partial charge on any atom is -0.368 e. The van der Waals surface area contributed by atoms with Crippen molar-refractivity contribution in [2.75, 3.05) is 5.73 Å². The van der Waals surface area contributed by atoms with Crippen LogP contribution < -0.4 is 5.73 Å². The molecule has 0 fully saturated rings. The van der Waals surface area contributed by atoms with E-state index in [9.17, 15) is 0 Å². The lowest BCUT2D eigenvalue weighted by molar-refractivity contribution is 1.08. The van der Waals surface area contributed by atoms with E-state index in [0.29, 0.717) is 11.6 Å². The monoisotopic (exact) mass is 456 g/mol. The van der Waals surface area contributed by atoms with Crippen molar-refractivity contribution in [3.63, 3.8) is 0 Å². The van der Waals surface area contributed by atoms with Crippen molar-refractivity contribution in [1.82, 2.24) is 15.0 Å². The van der Waals surface area contributed by atoms with Crippen molar-refractivity contribution in [3.8, 4) is 22.8 Å². The minimum atomic E-state index is 0.144. The molecule has 8 nitrogen and oxygen atoms in total. The van der Waals surface area contributed by atoms with Gasteiger partial charge in [0.1, 0.15) is 0 Å². The first-order chi connectivity index (χ1) is 17.2. The second-order valence-corrected chi connectivity index (χ2v) is 7.51. The van der Waals surface area contributed by atoms with Crippen LogP contribution in [-0.2, 0) is 0 Å². The SMILES string of the molecule is Nc1nc(-c2ccc(N=Nc3ccccc3)cc2)nc(-c2ccc(N=Nc3ccccc3)cc2)n1. The van der Waals surface area contributed by atoms with Gasteiger partial charge in [0.2, 0.25) is 5.95 Å². The number of anilines is 1. The smallest absolute Gasteiger partial charge is 0.224 e. The van der Waals surface area contributed by atoms with Crippen LogP contribution in [-0.4, -0.2) is 15.0 Å². The van der Waals surface area contributed by atoms with Crippen LogP contribution in [0.1, 0.15) is 0 Å². The van der Waals surface area contributed by atoms with Gasteiger partial charge in [0.05, 0.1) is 22.7 Å². The van der Waals surface area contributed by atoms with Gasteiger partial charge in [-0.1, -0.05) is 36.4 Å². The van der Waals surface area contributed by atoms with Crippen LogP contribution in [0, 0.1) is 0 Å². The van der Waals surface area contributed by atoms with Crippen molar-refractivity contribution in [2.24, 2.45) is 20.5 Å². The maximum atomic E-state index is 5.99. The first-order valence-electron chi connectivity index (χ1n) is 10.9. The van der Waals surface area contributed by atoms with E-state index in [1.807, 2.05) is 109 Å². The molecule has 0 saturated heterocycles. The average molecular weight is 457 g/mol. The molecule has 2 N–H and O–H groups in total. The summed E-state index contributed by atoms with van der Waals surface area (Å²) in [5.41, 5.74) is 10.6. The third kappa shape index (κ3) is 5.63. The van der Waals surface area contributed by atoms with E-state index in [0.717, 1.165) is 33.9 Å². The highest BCUT2D eigenvalue weighted by Gasteiger charge is 2.09. The maximum Gasteiger partial charge on any atom is 0.224 e. The molecule has 5 rings (SSSR count). The summed E-state index contributed by atoms with van der Waals surface area (Å²) in [6.45, 7) is 0. The van der Waals surface area contributed by atoms with Gasteiger partial charge < -0.3 is 5.73 Å². The molecule has 0 radical (unpaired) electrons. The van der Waals surface area contributed by atoms with Crippen LogP contribution in [0.5, 0.6) is 0 Å². The van der Waals surface area contributed by atoms with Gasteiger partial charge in [-0.05, 0) is 72.8 Å². The molecule has 35 heavy (non-hydrogen) atoms. The molecule has 1 aromatic heterocycles. The number of hydrogen-bond donors (Lipinski definition) is 1. The molecule has 0 aliphatic rings. The average Bonchev–Trinajstić information content (AvgIpc) is 2.92. The molecule has 168 valence electrons. The summed E-state index contributed by atoms with van der Waals surface area (Å²) < 4.78 is 0.